The third kappa shape index (κ3) is 4.80. The highest BCUT2D eigenvalue weighted by Crippen LogP contribution is 2.14. The minimum atomic E-state index is -4.36. The van der Waals surface area contributed by atoms with Crippen molar-refractivity contribution in [2.75, 3.05) is 13.2 Å². The van der Waals surface area contributed by atoms with Crippen molar-refractivity contribution in [3.63, 3.8) is 0 Å². The van der Waals surface area contributed by atoms with E-state index < -0.39 is 18.3 Å². The van der Waals surface area contributed by atoms with E-state index in [0.29, 0.717) is 0 Å². The molecule has 1 aromatic heterocycles. The van der Waals surface area contributed by atoms with Crippen molar-refractivity contribution in [1.29, 1.82) is 0 Å². The van der Waals surface area contributed by atoms with E-state index in [1.54, 1.807) is 22.6 Å². The van der Waals surface area contributed by atoms with Gasteiger partial charge in [-0.3, -0.25) is 9.36 Å². The maximum absolute atomic E-state index is 11.8. The molecule has 96 valence electrons. The van der Waals surface area contributed by atoms with Crippen molar-refractivity contribution in [2.24, 2.45) is 0 Å². The second kappa shape index (κ2) is 6.01. The summed E-state index contributed by atoms with van der Waals surface area (Å²) in [7, 11) is 0. The monoisotopic (exact) mass is 382 g/mol. The highest BCUT2D eigenvalue weighted by atomic mass is 127. The maximum atomic E-state index is 11.8. The second-order valence-corrected chi connectivity index (χ2v) is 4.45. The Hall–Kier alpha value is -0.350. The molecule has 0 atom stereocenters. The Morgan fingerprint density at radius 1 is 1.53 bits per heavy atom. The standard InChI is InChI=1S/C8H7ClF3IN2O2/c9-6-5(13)7(16)15(4-14-6)1-2-17-3-8(10,11)12/h4H,1-3H2. The first-order valence-electron chi connectivity index (χ1n) is 4.36. The van der Waals surface area contributed by atoms with E-state index in [1.807, 2.05) is 0 Å². The summed E-state index contributed by atoms with van der Waals surface area (Å²) in [4.78, 5) is 15.2. The molecule has 0 unspecified atom stereocenters. The highest BCUT2D eigenvalue weighted by molar-refractivity contribution is 14.1. The van der Waals surface area contributed by atoms with Gasteiger partial charge in [-0.25, -0.2) is 4.98 Å². The average Bonchev–Trinajstić information content (AvgIpc) is 2.22. The molecule has 0 fully saturated rings. The van der Waals surface area contributed by atoms with Gasteiger partial charge < -0.3 is 4.74 Å². The van der Waals surface area contributed by atoms with Crippen LogP contribution in [0.3, 0.4) is 0 Å². The van der Waals surface area contributed by atoms with Gasteiger partial charge in [-0.05, 0) is 22.6 Å². The summed E-state index contributed by atoms with van der Waals surface area (Å²) >= 11 is 7.31. The predicted octanol–water partition coefficient (Wildman–Crippen LogP) is 2.08. The Balaban J connectivity index is 2.54. The third-order valence-electron chi connectivity index (χ3n) is 1.68. The molecule has 0 aliphatic heterocycles. The van der Waals surface area contributed by atoms with Crippen molar-refractivity contribution in [2.45, 2.75) is 12.7 Å². The molecule has 0 bridgehead atoms. The van der Waals surface area contributed by atoms with Gasteiger partial charge in [0.1, 0.15) is 15.3 Å². The summed E-state index contributed by atoms with van der Waals surface area (Å²) in [5.41, 5.74) is -0.402. The van der Waals surface area contributed by atoms with Crippen LogP contribution in [0, 0.1) is 3.57 Å². The molecule has 0 N–H and O–H groups in total. The molecule has 4 nitrogen and oxygen atoms in total. The predicted molar refractivity (Wildman–Crippen MR) is 63.1 cm³/mol. The van der Waals surface area contributed by atoms with Gasteiger partial charge in [0.25, 0.3) is 5.56 Å². The van der Waals surface area contributed by atoms with Gasteiger partial charge in [0.05, 0.1) is 19.5 Å². The van der Waals surface area contributed by atoms with E-state index in [2.05, 4.69) is 9.72 Å². The molecule has 1 heterocycles. The van der Waals surface area contributed by atoms with E-state index in [1.165, 1.54) is 6.33 Å². The molecule has 0 saturated heterocycles. The zero-order valence-electron chi connectivity index (χ0n) is 8.30. The lowest BCUT2D eigenvalue weighted by molar-refractivity contribution is -0.174. The van der Waals surface area contributed by atoms with E-state index in [0.717, 1.165) is 4.57 Å². The van der Waals surface area contributed by atoms with Gasteiger partial charge in [-0.2, -0.15) is 13.2 Å². The Labute approximate surface area is 113 Å². The van der Waals surface area contributed by atoms with E-state index in [9.17, 15) is 18.0 Å². The normalized spacial score (nSPS) is 11.8. The van der Waals surface area contributed by atoms with Crippen molar-refractivity contribution >= 4 is 34.2 Å². The Morgan fingerprint density at radius 2 is 2.18 bits per heavy atom. The molecule has 1 aromatic rings. The zero-order valence-corrected chi connectivity index (χ0v) is 11.2. The van der Waals surface area contributed by atoms with Gasteiger partial charge in [0.2, 0.25) is 0 Å². The largest absolute Gasteiger partial charge is 0.411 e. The molecule has 0 saturated carbocycles. The number of nitrogens with zero attached hydrogens (tertiary/aromatic N) is 2. The van der Waals surface area contributed by atoms with Crippen molar-refractivity contribution in [3.05, 3.63) is 25.4 Å². The van der Waals surface area contributed by atoms with E-state index in [4.69, 9.17) is 11.6 Å². The molecule has 0 spiro atoms. The number of ether oxygens (including phenoxy) is 1. The van der Waals surface area contributed by atoms with Crippen LogP contribution in [0.25, 0.3) is 0 Å². The molecule has 1 rings (SSSR count). The summed E-state index contributed by atoms with van der Waals surface area (Å²) in [6.45, 7) is -1.56. The summed E-state index contributed by atoms with van der Waals surface area (Å²) in [6.07, 6.45) is -3.19. The van der Waals surface area contributed by atoms with Gasteiger partial charge in [0, 0.05) is 0 Å². The second-order valence-electron chi connectivity index (χ2n) is 3.02. The highest BCUT2D eigenvalue weighted by Gasteiger charge is 2.27. The lowest BCUT2D eigenvalue weighted by Crippen LogP contribution is -2.26. The number of alkyl halides is 3. The fraction of sp³-hybridized carbons (Fsp3) is 0.500. The molecule has 0 aromatic carbocycles. The number of hydrogen-bond acceptors (Lipinski definition) is 3. The SMILES string of the molecule is O=c1c(I)c(Cl)ncn1CCOCC(F)(F)F. The van der Waals surface area contributed by atoms with Gasteiger partial charge >= 0.3 is 6.18 Å². The molecule has 0 amide bonds. The van der Waals surface area contributed by atoms with Crippen LogP contribution >= 0.6 is 34.2 Å². The summed E-state index contributed by atoms with van der Waals surface area (Å²) in [5.74, 6) is 0. The van der Waals surface area contributed by atoms with Gasteiger partial charge in [0.15, 0.2) is 0 Å². The first kappa shape index (κ1) is 14.7. The molecular formula is C8H7ClF3IN2O2. The molecule has 17 heavy (non-hydrogen) atoms. The van der Waals surface area contributed by atoms with Crippen LogP contribution in [-0.2, 0) is 11.3 Å². The fourth-order valence-electron chi connectivity index (χ4n) is 0.954. The fourth-order valence-corrected chi connectivity index (χ4v) is 1.53. The quantitative estimate of drug-likeness (QED) is 0.455. The van der Waals surface area contributed by atoms with Crippen molar-refractivity contribution < 1.29 is 17.9 Å². The lowest BCUT2D eigenvalue weighted by Gasteiger charge is -2.09. The minimum absolute atomic E-state index is 0.00488. The Kier molecular flexibility index (Phi) is 5.20. The topological polar surface area (TPSA) is 44.1 Å². The summed E-state index contributed by atoms with van der Waals surface area (Å²) in [5, 5.41) is 0.0723. The Bertz CT molecular complexity index is 449. The van der Waals surface area contributed by atoms with Crippen molar-refractivity contribution in [3.8, 4) is 0 Å². The lowest BCUT2D eigenvalue weighted by atomic mass is 10.6. The molecule has 0 radical (unpaired) electrons. The van der Waals surface area contributed by atoms with Crippen LogP contribution in [0.2, 0.25) is 5.15 Å². The third-order valence-corrected chi connectivity index (χ3v) is 3.26. The maximum Gasteiger partial charge on any atom is 0.411 e. The van der Waals surface area contributed by atoms with Crippen LogP contribution in [0.1, 0.15) is 0 Å². The average molecular weight is 383 g/mol. The van der Waals surface area contributed by atoms with Crippen LogP contribution in [0.15, 0.2) is 11.1 Å². The number of halogens is 5. The zero-order chi connectivity index (χ0) is 13.1. The van der Waals surface area contributed by atoms with Crippen molar-refractivity contribution in [1.82, 2.24) is 9.55 Å². The number of hydrogen-bond donors (Lipinski definition) is 0. The summed E-state index contributed by atoms with van der Waals surface area (Å²) < 4.78 is 41.0. The molecule has 0 aliphatic carbocycles. The minimum Gasteiger partial charge on any atom is -0.370 e. The van der Waals surface area contributed by atoms with Crippen LogP contribution in [0.5, 0.6) is 0 Å². The van der Waals surface area contributed by atoms with Crippen LogP contribution in [0.4, 0.5) is 13.2 Å². The summed E-state index contributed by atoms with van der Waals surface area (Å²) in [6, 6.07) is 0. The Morgan fingerprint density at radius 3 is 2.76 bits per heavy atom. The van der Waals surface area contributed by atoms with Crippen LogP contribution < -0.4 is 5.56 Å². The molecule has 0 aliphatic rings. The van der Waals surface area contributed by atoms with Gasteiger partial charge in [-0.15, -0.1) is 0 Å². The number of rotatable bonds is 4. The molecular weight excluding hydrogens is 375 g/mol. The van der Waals surface area contributed by atoms with E-state index in [-0.39, 0.29) is 21.9 Å². The first-order chi connectivity index (χ1) is 7.81. The van der Waals surface area contributed by atoms with Gasteiger partial charge in [-0.1, -0.05) is 11.6 Å². The van der Waals surface area contributed by atoms with Crippen LogP contribution in [-0.4, -0.2) is 28.9 Å². The smallest absolute Gasteiger partial charge is 0.370 e. The first-order valence-corrected chi connectivity index (χ1v) is 5.82. The van der Waals surface area contributed by atoms with E-state index >= 15 is 0 Å². The number of aromatic nitrogens is 2. The molecule has 9 heteroatoms.